The summed E-state index contributed by atoms with van der Waals surface area (Å²) in [6.45, 7) is 0. The quantitative estimate of drug-likeness (QED) is 0.393. The molecule has 0 atom stereocenters. The highest BCUT2D eigenvalue weighted by Crippen LogP contribution is 2.25. The molecule has 98 valence electrons. The second-order valence-electron chi connectivity index (χ2n) is 3.55. The molecule has 19 heavy (non-hydrogen) atoms. The van der Waals surface area contributed by atoms with E-state index in [-0.39, 0.29) is 11.7 Å². The minimum atomic E-state index is -0.373. The van der Waals surface area contributed by atoms with Crippen molar-refractivity contribution in [2.45, 2.75) is 0 Å². The number of nitrogens with two attached hydrogens (primary N) is 1. The molecule has 5 nitrogen and oxygen atoms in total. The number of hydrogen-bond donors (Lipinski definition) is 2. The third-order valence-electron chi connectivity index (χ3n) is 2.25. The van der Waals surface area contributed by atoms with Crippen LogP contribution >= 0.6 is 15.9 Å². The predicted octanol–water partition coefficient (Wildman–Crippen LogP) is 2.87. The summed E-state index contributed by atoms with van der Waals surface area (Å²) in [4.78, 5) is 3.99. The fourth-order valence-corrected chi connectivity index (χ4v) is 1.67. The molecule has 0 aliphatic carbocycles. The van der Waals surface area contributed by atoms with E-state index in [0.29, 0.717) is 21.7 Å². The molecule has 1 aromatic carbocycles. The van der Waals surface area contributed by atoms with Gasteiger partial charge in [-0.05, 0) is 40.2 Å². The van der Waals surface area contributed by atoms with Crippen LogP contribution in [0.3, 0.4) is 0 Å². The molecule has 0 spiro atoms. The summed E-state index contributed by atoms with van der Waals surface area (Å²) in [5.74, 6) is 0.344. The van der Waals surface area contributed by atoms with E-state index in [2.05, 4.69) is 26.1 Å². The van der Waals surface area contributed by atoms with Gasteiger partial charge in [0.15, 0.2) is 5.84 Å². The van der Waals surface area contributed by atoms with Crippen molar-refractivity contribution in [3.8, 4) is 11.6 Å². The number of aromatic nitrogens is 1. The zero-order chi connectivity index (χ0) is 13.8. The lowest BCUT2D eigenvalue weighted by Gasteiger charge is -2.06. The van der Waals surface area contributed by atoms with Crippen LogP contribution in [0.25, 0.3) is 0 Å². The van der Waals surface area contributed by atoms with Gasteiger partial charge >= 0.3 is 0 Å². The molecule has 1 aromatic heterocycles. The van der Waals surface area contributed by atoms with Crippen molar-refractivity contribution in [3.63, 3.8) is 0 Å². The first-order valence-electron chi connectivity index (χ1n) is 5.17. The molecular formula is C12H9BrFN3O2. The fraction of sp³-hybridized carbons (Fsp3) is 0. The first-order valence-corrected chi connectivity index (χ1v) is 5.96. The van der Waals surface area contributed by atoms with E-state index in [9.17, 15) is 4.39 Å². The Morgan fingerprint density at radius 2 is 2.16 bits per heavy atom. The topological polar surface area (TPSA) is 80.7 Å². The molecule has 0 aliphatic rings. The van der Waals surface area contributed by atoms with Gasteiger partial charge in [0.05, 0.1) is 4.47 Å². The minimum absolute atomic E-state index is 0.0384. The molecule has 0 saturated carbocycles. The predicted molar refractivity (Wildman–Crippen MR) is 70.9 cm³/mol. The number of pyridine rings is 1. The Kier molecular flexibility index (Phi) is 3.96. The number of benzene rings is 1. The summed E-state index contributed by atoms with van der Waals surface area (Å²) in [6, 6.07) is 7.42. The van der Waals surface area contributed by atoms with Gasteiger partial charge in [-0.3, -0.25) is 0 Å². The first-order chi connectivity index (χ1) is 9.10. The van der Waals surface area contributed by atoms with E-state index < -0.39 is 0 Å². The van der Waals surface area contributed by atoms with Crippen molar-refractivity contribution in [1.82, 2.24) is 4.98 Å². The number of oxime groups is 1. The monoisotopic (exact) mass is 325 g/mol. The maximum Gasteiger partial charge on any atom is 0.219 e. The number of ether oxygens (including phenoxy) is 1. The summed E-state index contributed by atoms with van der Waals surface area (Å²) in [5.41, 5.74) is 5.87. The van der Waals surface area contributed by atoms with Gasteiger partial charge in [0, 0.05) is 17.8 Å². The Labute approximate surface area is 116 Å². The van der Waals surface area contributed by atoms with Crippen LogP contribution in [-0.2, 0) is 0 Å². The Bertz CT molecular complexity index is 617. The van der Waals surface area contributed by atoms with Crippen molar-refractivity contribution in [1.29, 1.82) is 0 Å². The van der Waals surface area contributed by atoms with Gasteiger partial charge in [-0.15, -0.1) is 0 Å². The van der Waals surface area contributed by atoms with Crippen LogP contribution in [0.4, 0.5) is 4.39 Å². The molecule has 1 heterocycles. The molecule has 0 unspecified atom stereocenters. The average molecular weight is 326 g/mol. The van der Waals surface area contributed by atoms with Gasteiger partial charge in [0.25, 0.3) is 0 Å². The molecule has 2 rings (SSSR count). The molecule has 0 aliphatic heterocycles. The summed E-state index contributed by atoms with van der Waals surface area (Å²) >= 11 is 3.06. The zero-order valence-electron chi connectivity index (χ0n) is 9.55. The maximum absolute atomic E-state index is 13.0. The van der Waals surface area contributed by atoms with Crippen LogP contribution in [0.15, 0.2) is 46.2 Å². The zero-order valence-corrected chi connectivity index (χ0v) is 11.1. The van der Waals surface area contributed by atoms with Gasteiger partial charge in [-0.1, -0.05) is 5.16 Å². The minimum Gasteiger partial charge on any atom is -0.439 e. The molecule has 0 amide bonds. The molecule has 2 aromatic rings. The highest BCUT2D eigenvalue weighted by atomic mass is 79.9. The summed E-state index contributed by atoms with van der Waals surface area (Å²) in [7, 11) is 0. The van der Waals surface area contributed by atoms with E-state index in [1.54, 1.807) is 12.1 Å². The lowest BCUT2D eigenvalue weighted by Crippen LogP contribution is -2.13. The van der Waals surface area contributed by atoms with Gasteiger partial charge in [-0.25, -0.2) is 9.37 Å². The second-order valence-corrected chi connectivity index (χ2v) is 4.40. The molecule has 7 heteroatoms. The van der Waals surface area contributed by atoms with Crippen molar-refractivity contribution in [2.75, 3.05) is 0 Å². The molecule has 0 bridgehead atoms. The van der Waals surface area contributed by atoms with Crippen LogP contribution < -0.4 is 10.5 Å². The summed E-state index contributed by atoms with van der Waals surface area (Å²) in [5, 5.41) is 11.4. The standard InChI is InChI=1S/C12H9BrFN3O2/c13-9-5-8(2-3-10(9)14)19-11-4-1-7(6-16-11)12(15)17-18/h1-6,18H,(H2,15,17). The molecule has 0 fully saturated rings. The molecule has 3 N–H and O–H groups in total. The largest absolute Gasteiger partial charge is 0.439 e. The van der Waals surface area contributed by atoms with E-state index in [1.165, 1.54) is 24.4 Å². The van der Waals surface area contributed by atoms with Gasteiger partial charge in [0.2, 0.25) is 5.88 Å². The Morgan fingerprint density at radius 3 is 2.74 bits per heavy atom. The van der Waals surface area contributed by atoms with Gasteiger partial charge < -0.3 is 15.7 Å². The normalized spacial score (nSPS) is 11.4. The van der Waals surface area contributed by atoms with Crippen molar-refractivity contribution >= 4 is 21.8 Å². The van der Waals surface area contributed by atoms with Crippen LogP contribution in [0.5, 0.6) is 11.6 Å². The Morgan fingerprint density at radius 1 is 1.37 bits per heavy atom. The van der Waals surface area contributed by atoms with Crippen molar-refractivity contribution in [2.24, 2.45) is 10.9 Å². The van der Waals surface area contributed by atoms with Crippen LogP contribution in [0.1, 0.15) is 5.56 Å². The summed E-state index contributed by atoms with van der Waals surface area (Å²) in [6.07, 6.45) is 1.41. The van der Waals surface area contributed by atoms with E-state index in [1.807, 2.05) is 0 Å². The van der Waals surface area contributed by atoms with Crippen molar-refractivity contribution < 1.29 is 14.3 Å². The Hall–Kier alpha value is -2.15. The van der Waals surface area contributed by atoms with Crippen molar-refractivity contribution in [3.05, 3.63) is 52.4 Å². The number of nitrogens with zero attached hydrogens (tertiary/aromatic N) is 2. The lowest BCUT2D eigenvalue weighted by molar-refractivity contribution is 0.318. The van der Waals surface area contributed by atoms with Gasteiger partial charge in [-0.2, -0.15) is 0 Å². The first kappa shape index (κ1) is 13.3. The lowest BCUT2D eigenvalue weighted by atomic mass is 10.3. The van der Waals surface area contributed by atoms with E-state index in [0.717, 1.165) is 0 Å². The Balaban J connectivity index is 2.17. The van der Waals surface area contributed by atoms with E-state index >= 15 is 0 Å². The highest BCUT2D eigenvalue weighted by Gasteiger charge is 2.05. The number of halogens is 2. The number of rotatable bonds is 3. The maximum atomic E-state index is 13.0. The SMILES string of the molecule is N/C(=N/O)c1ccc(Oc2ccc(F)c(Br)c2)nc1. The third kappa shape index (κ3) is 3.19. The second kappa shape index (κ2) is 5.66. The average Bonchev–Trinajstić information content (AvgIpc) is 2.43. The third-order valence-corrected chi connectivity index (χ3v) is 2.86. The molecule has 0 radical (unpaired) electrons. The number of hydrogen-bond acceptors (Lipinski definition) is 4. The van der Waals surface area contributed by atoms with Crippen LogP contribution in [0.2, 0.25) is 0 Å². The fourth-order valence-electron chi connectivity index (χ4n) is 1.31. The molecular weight excluding hydrogens is 317 g/mol. The number of amidine groups is 1. The van der Waals surface area contributed by atoms with Gasteiger partial charge in [0.1, 0.15) is 11.6 Å². The smallest absolute Gasteiger partial charge is 0.219 e. The molecule has 0 saturated heterocycles. The van der Waals surface area contributed by atoms with Crippen LogP contribution in [0, 0.1) is 5.82 Å². The van der Waals surface area contributed by atoms with Crippen LogP contribution in [-0.4, -0.2) is 16.0 Å². The highest BCUT2D eigenvalue weighted by molar-refractivity contribution is 9.10. The summed E-state index contributed by atoms with van der Waals surface area (Å²) < 4.78 is 18.8. The van der Waals surface area contributed by atoms with E-state index in [4.69, 9.17) is 15.7 Å².